The minimum Gasteiger partial charge on any atom is -0.307 e. The molecular weight excluding hydrogens is 607 g/mol. The van der Waals surface area contributed by atoms with Crippen LogP contribution in [0.25, 0.3) is 65.9 Å². The average molecular weight is 635 g/mol. The first-order valence-electron chi connectivity index (χ1n) is 15.8. The molecule has 4 heterocycles. The maximum atomic E-state index is 16.9. The van der Waals surface area contributed by atoms with E-state index in [0.717, 1.165) is 48.4 Å². The molecule has 0 aliphatic carbocycles. The van der Waals surface area contributed by atoms with Crippen molar-refractivity contribution in [2.24, 2.45) is 0 Å². The predicted molar refractivity (Wildman–Crippen MR) is 198 cm³/mol. The molecule has 1 atom stereocenters. The van der Waals surface area contributed by atoms with Crippen molar-refractivity contribution >= 4 is 66.3 Å². The number of pyridine rings is 4. The summed E-state index contributed by atoms with van der Waals surface area (Å²) in [6.07, 6.45) is 5.23. The average Bonchev–Trinajstić information content (AvgIpc) is 3.17. The summed E-state index contributed by atoms with van der Waals surface area (Å²) in [5.41, 5.74) is 3.22. The van der Waals surface area contributed by atoms with E-state index in [1.807, 2.05) is 78.9 Å². The molecule has 0 radical (unpaired) electrons. The van der Waals surface area contributed by atoms with Crippen LogP contribution in [0.3, 0.4) is 0 Å². The molecule has 0 saturated carbocycles. The molecule has 0 amide bonds. The first-order valence-corrected chi connectivity index (χ1v) is 17.5. The van der Waals surface area contributed by atoms with Gasteiger partial charge in [0.15, 0.2) is 7.14 Å². The molecule has 5 aromatic carbocycles. The first-order chi connectivity index (χ1) is 23.7. The van der Waals surface area contributed by atoms with E-state index in [1.54, 1.807) is 18.6 Å². The normalized spacial score (nSPS) is 12.8. The molecule has 5 nitrogen and oxygen atoms in total. The lowest BCUT2D eigenvalue weighted by Gasteiger charge is -2.25. The van der Waals surface area contributed by atoms with E-state index in [4.69, 9.17) is 4.98 Å². The fourth-order valence-electron chi connectivity index (χ4n) is 6.93. The molecule has 4 aromatic heterocycles. The molecule has 9 aromatic rings. The number of hydrogen-bond donors (Lipinski definition) is 0. The van der Waals surface area contributed by atoms with E-state index in [2.05, 4.69) is 81.7 Å². The molecule has 1 unspecified atom stereocenters. The van der Waals surface area contributed by atoms with Gasteiger partial charge in [-0.3, -0.25) is 15.0 Å². The minimum atomic E-state index is -3.75. The Balaban J connectivity index is 1.48. The quantitative estimate of drug-likeness (QED) is 0.108. The van der Waals surface area contributed by atoms with E-state index in [1.165, 1.54) is 0 Å². The highest BCUT2D eigenvalue weighted by Crippen LogP contribution is 2.49. The van der Waals surface area contributed by atoms with Gasteiger partial charge in [0.25, 0.3) is 0 Å². The van der Waals surface area contributed by atoms with Crippen molar-refractivity contribution in [1.29, 1.82) is 0 Å². The molecule has 0 fully saturated rings. The molecule has 0 saturated heterocycles. The summed E-state index contributed by atoms with van der Waals surface area (Å²) in [7, 11) is -3.75. The van der Waals surface area contributed by atoms with Crippen molar-refractivity contribution in [3.63, 3.8) is 0 Å². The van der Waals surface area contributed by atoms with Crippen LogP contribution in [0.1, 0.15) is 0 Å². The molecule has 0 spiro atoms. The number of fused-ring (bicyclic) bond motifs is 7. The highest BCUT2D eigenvalue weighted by Gasteiger charge is 2.36. The summed E-state index contributed by atoms with van der Waals surface area (Å²) in [6.45, 7) is 0. The van der Waals surface area contributed by atoms with Gasteiger partial charge >= 0.3 is 0 Å². The Morgan fingerprint density at radius 1 is 0.417 bits per heavy atom. The van der Waals surface area contributed by atoms with Gasteiger partial charge in [-0.2, -0.15) is 0 Å². The maximum absolute atomic E-state index is 16.9. The van der Waals surface area contributed by atoms with Crippen molar-refractivity contribution in [2.75, 3.05) is 0 Å². The number of aromatic nitrogens is 4. The van der Waals surface area contributed by atoms with E-state index in [-0.39, 0.29) is 0 Å². The zero-order valence-corrected chi connectivity index (χ0v) is 26.6. The van der Waals surface area contributed by atoms with Crippen LogP contribution < -0.4 is 16.0 Å². The molecule has 0 N–H and O–H groups in total. The lowest BCUT2D eigenvalue weighted by atomic mass is 9.92. The van der Waals surface area contributed by atoms with Crippen LogP contribution in [0.5, 0.6) is 0 Å². The molecule has 0 bridgehead atoms. The van der Waals surface area contributed by atoms with Gasteiger partial charge < -0.3 is 4.57 Å². The Kier molecular flexibility index (Phi) is 6.67. The number of nitrogens with zero attached hydrogens (tertiary/aromatic N) is 4. The van der Waals surface area contributed by atoms with Gasteiger partial charge in [-0.15, -0.1) is 0 Å². The van der Waals surface area contributed by atoms with Crippen LogP contribution in [0.15, 0.2) is 164 Å². The van der Waals surface area contributed by atoms with E-state index in [0.29, 0.717) is 33.5 Å². The second kappa shape index (κ2) is 11.3. The van der Waals surface area contributed by atoms with Gasteiger partial charge in [0.1, 0.15) is 5.44 Å². The van der Waals surface area contributed by atoms with E-state index in [9.17, 15) is 0 Å². The summed E-state index contributed by atoms with van der Waals surface area (Å²) < 4.78 is 16.9. The van der Waals surface area contributed by atoms with Crippen LogP contribution in [-0.2, 0) is 4.57 Å². The highest BCUT2D eigenvalue weighted by molar-refractivity contribution is 7.86. The summed E-state index contributed by atoms with van der Waals surface area (Å²) in [6, 6.07) is 48.5. The third-order valence-electron chi connectivity index (χ3n) is 9.06. The van der Waals surface area contributed by atoms with Crippen LogP contribution in [-0.4, -0.2) is 19.9 Å². The predicted octanol–water partition coefficient (Wildman–Crippen LogP) is 8.85. The molecule has 6 heteroatoms. The monoisotopic (exact) mass is 634 g/mol. The van der Waals surface area contributed by atoms with E-state index < -0.39 is 7.14 Å². The highest BCUT2D eigenvalue weighted by atomic mass is 31.2. The van der Waals surface area contributed by atoms with Crippen molar-refractivity contribution < 1.29 is 4.57 Å². The lowest BCUT2D eigenvalue weighted by Crippen LogP contribution is -2.29. The fourth-order valence-corrected chi connectivity index (χ4v) is 9.91. The van der Waals surface area contributed by atoms with Crippen molar-refractivity contribution in [3.8, 4) is 22.8 Å². The number of rotatable bonds is 5. The van der Waals surface area contributed by atoms with Crippen molar-refractivity contribution in [2.45, 2.75) is 0 Å². The second-order valence-corrected chi connectivity index (χ2v) is 14.4. The second-order valence-electron chi connectivity index (χ2n) is 11.8. The third-order valence-corrected chi connectivity index (χ3v) is 12.1. The minimum absolute atomic E-state index is 0.485. The van der Waals surface area contributed by atoms with Crippen molar-refractivity contribution in [1.82, 2.24) is 19.9 Å². The summed E-state index contributed by atoms with van der Waals surface area (Å²) in [5, 5.41) is 9.80. The largest absolute Gasteiger partial charge is 0.307 e. The fraction of sp³-hybridized carbons (Fsp3) is 0. The Bertz CT molecular complexity index is 2630. The molecule has 226 valence electrons. The zero-order chi connectivity index (χ0) is 32.1. The Morgan fingerprint density at radius 2 is 0.979 bits per heavy atom. The zero-order valence-electron chi connectivity index (χ0n) is 25.7. The molecule has 9 rings (SSSR count). The van der Waals surface area contributed by atoms with Crippen molar-refractivity contribution in [3.05, 3.63) is 164 Å². The molecule has 0 aliphatic heterocycles. The van der Waals surface area contributed by atoms with Crippen LogP contribution in [0.4, 0.5) is 0 Å². The Hall–Kier alpha value is -6.03. The van der Waals surface area contributed by atoms with Gasteiger partial charge in [0.2, 0.25) is 0 Å². The summed E-state index contributed by atoms with van der Waals surface area (Å²) >= 11 is 0. The molecule has 48 heavy (non-hydrogen) atoms. The van der Waals surface area contributed by atoms with Gasteiger partial charge in [-0.1, -0.05) is 91.0 Å². The van der Waals surface area contributed by atoms with Gasteiger partial charge in [0, 0.05) is 34.6 Å². The van der Waals surface area contributed by atoms with Gasteiger partial charge in [0.05, 0.1) is 22.8 Å². The van der Waals surface area contributed by atoms with Gasteiger partial charge in [-0.05, 0) is 92.3 Å². The summed E-state index contributed by atoms with van der Waals surface area (Å²) in [4.78, 5) is 19.0. The Labute approximate surface area is 277 Å². The van der Waals surface area contributed by atoms with Crippen LogP contribution >= 0.6 is 7.14 Å². The Morgan fingerprint density at radius 3 is 1.69 bits per heavy atom. The van der Waals surface area contributed by atoms with Crippen LogP contribution in [0, 0.1) is 0 Å². The van der Waals surface area contributed by atoms with Crippen LogP contribution in [0.2, 0.25) is 0 Å². The van der Waals surface area contributed by atoms with E-state index >= 15 is 4.57 Å². The SMILES string of the molecule is O=P(c1ccnc(-c2ccccn2)c1)(c1cccc(-c2ccccn2)n1)c1c2ccccc2cc2c3ccccc3c3ccccc3c12. The van der Waals surface area contributed by atoms with Gasteiger partial charge in [-0.25, -0.2) is 4.98 Å². The molecular formula is C42H27N4OP. The lowest BCUT2D eigenvalue weighted by molar-refractivity contribution is 0.592. The number of hydrogen-bond acceptors (Lipinski definition) is 5. The third kappa shape index (κ3) is 4.44. The maximum Gasteiger partial charge on any atom is 0.189 e. The smallest absolute Gasteiger partial charge is 0.189 e. The first kappa shape index (κ1) is 28.2. The standard InChI is InChI=1S/C42H27N4OP/c47-48(29-22-25-45-39(27-29)37-19-8-10-24-44-37,40-21-11-20-38(46-40)36-18-7-9-23-43-36)42-30-13-2-1-12-28(30)26-35-33-16-4-3-14-31(33)32-15-5-6-17-34(32)41(35)42/h1-27H. The summed E-state index contributed by atoms with van der Waals surface area (Å²) in [5.74, 6) is 0. The topological polar surface area (TPSA) is 68.6 Å². The molecule has 0 aliphatic rings. The number of benzene rings is 5.